The highest BCUT2D eigenvalue weighted by molar-refractivity contribution is 5.71. The van der Waals surface area contributed by atoms with Crippen LogP contribution in [0.4, 0.5) is 0 Å². The summed E-state index contributed by atoms with van der Waals surface area (Å²) in [6, 6.07) is 0. The number of carbonyl (C=O) groups is 2. The fraction of sp³-hybridized carbons (Fsp3) is 0.926. The van der Waals surface area contributed by atoms with E-state index in [1.54, 1.807) is 0 Å². The van der Waals surface area contributed by atoms with Crippen molar-refractivity contribution in [2.24, 2.45) is 5.92 Å². The lowest BCUT2D eigenvalue weighted by Crippen LogP contribution is -2.15. The minimum atomic E-state index is -0.0191. The van der Waals surface area contributed by atoms with Gasteiger partial charge in [-0.2, -0.15) is 0 Å². The molecule has 0 fully saturated rings. The van der Waals surface area contributed by atoms with Crippen LogP contribution in [0.1, 0.15) is 143 Å². The fourth-order valence-electron chi connectivity index (χ4n) is 3.71. The summed E-state index contributed by atoms with van der Waals surface area (Å²) in [7, 11) is 0. The van der Waals surface area contributed by atoms with Crippen LogP contribution in [0.2, 0.25) is 0 Å². The number of hydrogen-bond acceptors (Lipinski definition) is 4. The summed E-state index contributed by atoms with van der Waals surface area (Å²) in [5.41, 5.74) is 0. The zero-order valence-corrected chi connectivity index (χ0v) is 21.1. The van der Waals surface area contributed by atoms with Crippen LogP contribution in [0.5, 0.6) is 0 Å². The Morgan fingerprint density at radius 1 is 0.581 bits per heavy atom. The third-order valence-corrected chi connectivity index (χ3v) is 5.92. The lowest BCUT2D eigenvalue weighted by molar-refractivity contribution is -0.148. The first-order chi connectivity index (χ1) is 15.1. The molecule has 4 heteroatoms. The molecule has 0 aromatic rings. The minimum absolute atomic E-state index is 0.0139. The Labute approximate surface area is 193 Å². The van der Waals surface area contributed by atoms with Crippen molar-refractivity contribution < 1.29 is 19.1 Å². The van der Waals surface area contributed by atoms with E-state index in [0.717, 1.165) is 64.2 Å². The van der Waals surface area contributed by atoms with Gasteiger partial charge in [0.15, 0.2) is 0 Å². The Morgan fingerprint density at radius 3 is 1.55 bits per heavy atom. The van der Waals surface area contributed by atoms with E-state index in [9.17, 15) is 9.59 Å². The molecule has 0 aliphatic heterocycles. The van der Waals surface area contributed by atoms with Crippen molar-refractivity contribution in [3.8, 4) is 0 Å². The number of rotatable bonds is 23. The Balaban J connectivity index is 3.29. The second-order valence-electron chi connectivity index (χ2n) is 9.13. The molecule has 0 spiro atoms. The average Bonchev–Trinajstić information content (AvgIpc) is 2.77. The molecular weight excluding hydrogens is 388 g/mol. The van der Waals surface area contributed by atoms with Gasteiger partial charge in [-0.15, -0.1) is 0 Å². The molecule has 0 bridgehead atoms. The zero-order valence-electron chi connectivity index (χ0n) is 21.1. The molecule has 0 aliphatic rings. The van der Waals surface area contributed by atoms with E-state index in [0.29, 0.717) is 19.6 Å². The van der Waals surface area contributed by atoms with Crippen molar-refractivity contribution in [1.29, 1.82) is 0 Å². The van der Waals surface area contributed by atoms with Gasteiger partial charge in [0.05, 0.1) is 19.1 Å². The number of esters is 2. The molecule has 0 amide bonds. The van der Waals surface area contributed by atoms with Gasteiger partial charge in [-0.1, -0.05) is 111 Å². The predicted octanol–water partition coefficient (Wildman–Crippen LogP) is 8.16. The molecule has 0 radical (unpaired) electrons. The number of ether oxygens (including phenoxy) is 2. The summed E-state index contributed by atoms with van der Waals surface area (Å²) in [6.45, 7) is 7.49. The maximum absolute atomic E-state index is 11.9. The number of unbranched alkanes of at least 4 members (excludes halogenated alkanes) is 14. The van der Waals surface area contributed by atoms with Gasteiger partial charge in [-0.3, -0.25) is 9.59 Å². The summed E-state index contributed by atoms with van der Waals surface area (Å²) >= 11 is 0. The number of hydrogen-bond donors (Lipinski definition) is 0. The number of carbonyl (C=O) groups excluding carboxylic acids is 2. The largest absolute Gasteiger partial charge is 0.466 e. The van der Waals surface area contributed by atoms with Crippen LogP contribution in [0.3, 0.4) is 0 Å². The highest BCUT2D eigenvalue weighted by Gasteiger charge is 2.13. The lowest BCUT2D eigenvalue weighted by Gasteiger charge is -2.11. The summed E-state index contributed by atoms with van der Waals surface area (Å²) in [5.74, 6) is 0.0128. The van der Waals surface area contributed by atoms with Gasteiger partial charge < -0.3 is 9.47 Å². The molecule has 0 aromatic heterocycles. The standard InChI is InChI=1S/C27H52O4/c1-4-6-19-23-30-26(28)22-18-16-14-12-10-8-9-11-13-15-17-21-25(3)27(29)31-24-20-7-5-2/h25H,4-24H2,1-3H3. The molecule has 0 saturated heterocycles. The van der Waals surface area contributed by atoms with Crippen LogP contribution in [-0.4, -0.2) is 25.2 Å². The summed E-state index contributed by atoms with van der Waals surface area (Å²) in [5, 5.41) is 0. The van der Waals surface area contributed by atoms with Crippen LogP contribution in [0, 0.1) is 5.92 Å². The molecule has 1 atom stereocenters. The molecular formula is C27H52O4. The van der Waals surface area contributed by atoms with Crippen LogP contribution < -0.4 is 0 Å². The first kappa shape index (κ1) is 29.9. The Hall–Kier alpha value is -1.06. The third-order valence-electron chi connectivity index (χ3n) is 5.92. The Bertz CT molecular complexity index is 408. The van der Waals surface area contributed by atoms with Gasteiger partial charge in [0.1, 0.15) is 0 Å². The second-order valence-corrected chi connectivity index (χ2v) is 9.13. The average molecular weight is 441 g/mol. The molecule has 0 aliphatic carbocycles. The van der Waals surface area contributed by atoms with Gasteiger partial charge in [0.2, 0.25) is 0 Å². The van der Waals surface area contributed by atoms with Crippen molar-refractivity contribution in [2.45, 2.75) is 143 Å². The van der Waals surface area contributed by atoms with Crippen LogP contribution in [0.25, 0.3) is 0 Å². The minimum Gasteiger partial charge on any atom is -0.466 e. The van der Waals surface area contributed by atoms with Crippen molar-refractivity contribution in [3.05, 3.63) is 0 Å². The third kappa shape index (κ3) is 21.9. The van der Waals surface area contributed by atoms with Crippen LogP contribution in [0.15, 0.2) is 0 Å². The first-order valence-electron chi connectivity index (χ1n) is 13.4. The van der Waals surface area contributed by atoms with E-state index in [2.05, 4.69) is 13.8 Å². The van der Waals surface area contributed by atoms with Crippen molar-refractivity contribution in [3.63, 3.8) is 0 Å². The summed E-state index contributed by atoms with van der Waals surface area (Å²) in [4.78, 5) is 23.5. The monoisotopic (exact) mass is 440 g/mol. The molecule has 0 aromatic carbocycles. The van der Waals surface area contributed by atoms with E-state index in [4.69, 9.17) is 9.47 Å². The normalized spacial score (nSPS) is 12.0. The molecule has 0 rings (SSSR count). The maximum atomic E-state index is 11.9. The molecule has 184 valence electrons. The van der Waals surface area contributed by atoms with E-state index >= 15 is 0 Å². The summed E-state index contributed by atoms with van der Waals surface area (Å²) < 4.78 is 10.6. The topological polar surface area (TPSA) is 52.6 Å². The molecule has 0 saturated carbocycles. The van der Waals surface area contributed by atoms with E-state index < -0.39 is 0 Å². The fourth-order valence-corrected chi connectivity index (χ4v) is 3.71. The maximum Gasteiger partial charge on any atom is 0.308 e. The Morgan fingerprint density at radius 2 is 1.03 bits per heavy atom. The molecule has 4 nitrogen and oxygen atoms in total. The molecule has 31 heavy (non-hydrogen) atoms. The van der Waals surface area contributed by atoms with Crippen LogP contribution >= 0.6 is 0 Å². The highest BCUT2D eigenvalue weighted by Crippen LogP contribution is 2.15. The molecule has 1 unspecified atom stereocenters. The van der Waals surface area contributed by atoms with Gasteiger partial charge in [0, 0.05) is 6.42 Å². The molecule has 0 N–H and O–H groups in total. The van der Waals surface area contributed by atoms with E-state index in [1.165, 1.54) is 51.4 Å². The van der Waals surface area contributed by atoms with Gasteiger partial charge >= 0.3 is 11.9 Å². The quantitative estimate of drug-likeness (QED) is 0.119. The summed E-state index contributed by atoms with van der Waals surface area (Å²) in [6.07, 6.45) is 21.6. The van der Waals surface area contributed by atoms with E-state index in [1.807, 2.05) is 6.92 Å². The molecule has 0 heterocycles. The van der Waals surface area contributed by atoms with Crippen LogP contribution in [-0.2, 0) is 19.1 Å². The van der Waals surface area contributed by atoms with Crippen molar-refractivity contribution >= 4 is 11.9 Å². The highest BCUT2D eigenvalue weighted by atomic mass is 16.5. The second kappa shape index (κ2) is 23.6. The smallest absolute Gasteiger partial charge is 0.308 e. The lowest BCUT2D eigenvalue weighted by atomic mass is 10.0. The predicted molar refractivity (Wildman–Crippen MR) is 130 cm³/mol. The van der Waals surface area contributed by atoms with Gasteiger partial charge in [-0.05, 0) is 25.7 Å². The Kier molecular flexibility index (Phi) is 22.8. The SMILES string of the molecule is CCCCCOC(=O)CCCCCCCCCCCCCC(C)C(=O)OCCCCC. The van der Waals surface area contributed by atoms with Crippen molar-refractivity contribution in [1.82, 2.24) is 0 Å². The zero-order chi connectivity index (χ0) is 23.0. The van der Waals surface area contributed by atoms with Crippen molar-refractivity contribution in [2.75, 3.05) is 13.2 Å². The first-order valence-corrected chi connectivity index (χ1v) is 13.4. The van der Waals surface area contributed by atoms with E-state index in [-0.39, 0.29) is 17.9 Å². The van der Waals surface area contributed by atoms with Gasteiger partial charge in [-0.25, -0.2) is 0 Å². The van der Waals surface area contributed by atoms with Gasteiger partial charge in [0.25, 0.3) is 0 Å².